The quantitative estimate of drug-likeness (QED) is 0.455. The molecule has 0 spiro atoms. The van der Waals surface area contributed by atoms with Crippen molar-refractivity contribution in [2.45, 2.75) is 25.9 Å². The summed E-state index contributed by atoms with van der Waals surface area (Å²) in [7, 11) is 1.26. The van der Waals surface area contributed by atoms with E-state index in [1.165, 1.54) is 14.0 Å². The van der Waals surface area contributed by atoms with E-state index in [1.54, 1.807) is 6.92 Å². The summed E-state index contributed by atoms with van der Waals surface area (Å²) in [5.41, 5.74) is 5.33. The van der Waals surface area contributed by atoms with Gasteiger partial charge >= 0.3 is 11.9 Å². The molecule has 0 aromatic carbocycles. The van der Waals surface area contributed by atoms with Gasteiger partial charge in [-0.1, -0.05) is 0 Å². The molecule has 0 aliphatic rings. The first-order valence-electron chi connectivity index (χ1n) is 4.74. The first-order valence-corrected chi connectivity index (χ1v) is 4.74. The van der Waals surface area contributed by atoms with Crippen molar-refractivity contribution in [2.75, 3.05) is 13.7 Å². The number of ether oxygens (including phenoxy) is 1. The van der Waals surface area contributed by atoms with Crippen LogP contribution in [0.1, 0.15) is 13.8 Å². The summed E-state index contributed by atoms with van der Waals surface area (Å²) < 4.78 is 4.56. The minimum absolute atomic E-state index is 0.109. The number of rotatable bonds is 5. The van der Waals surface area contributed by atoms with E-state index in [0.29, 0.717) is 0 Å². The Hall–Kier alpha value is -1.63. The highest BCUT2D eigenvalue weighted by Crippen LogP contribution is 2.00. The predicted octanol–water partition coefficient (Wildman–Crippen LogP) is -1.19. The minimum atomic E-state index is -1.48. The smallest absolute Gasteiger partial charge is 0.332 e. The Kier molecular flexibility index (Phi) is 5.44. The molecular formula is C9H16N2O5. The van der Waals surface area contributed by atoms with Gasteiger partial charge in [-0.05, 0) is 13.8 Å². The number of carbonyl (C=O) groups is 3. The number of hydrogen-bond acceptors (Lipinski definition) is 5. The number of carbonyl (C=O) groups excluding carboxylic acids is 2. The van der Waals surface area contributed by atoms with Crippen molar-refractivity contribution in [3.63, 3.8) is 0 Å². The second kappa shape index (κ2) is 6.06. The number of likely N-dealkylation sites (N-methyl/N-ethyl adjacent to an activating group) is 1. The number of carboxylic acids is 1. The number of amides is 1. The van der Waals surface area contributed by atoms with E-state index >= 15 is 0 Å². The maximum absolute atomic E-state index is 11.5. The van der Waals surface area contributed by atoms with Crippen LogP contribution >= 0.6 is 0 Å². The average molecular weight is 232 g/mol. The zero-order valence-corrected chi connectivity index (χ0v) is 9.47. The van der Waals surface area contributed by atoms with Crippen molar-refractivity contribution in [3.8, 4) is 0 Å². The van der Waals surface area contributed by atoms with Crippen LogP contribution in [0.3, 0.4) is 0 Å². The van der Waals surface area contributed by atoms with Crippen LogP contribution in [0.2, 0.25) is 0 Å². The molecule has 0 saturated heterocycles. The van der Waals surface area contributed by atoms with Gasteiger partial charge in [-0.25, -0.2) is 9.59 Å². The first-order chi connectivity index (χ1) is 7.32. The Morgan fingerprint density at radius 1 is 1.44 bits per heavy atom. The van der Waals surface area contributed by atoms with Crippen LogP contribution in [0.15, 0.2) is 0 Å². The van der Waals surface area contributed by atoms with Gasteiger partial charge in [0.25, 0.3) is 5.91 Å². The lowest BCUT2D eigenvalue weighted by atomic mass is 10.2. The van der Waals surface area contributed by atoms with Gasteiger partial charge in [0.15, 0.2) is 6.04 Å². The van der Waals surface area contributed by atoms with Crippen molar-refractivity contribution in [2.24, 2.45) is 5.73 Å². The van der Waals surface area contributed by atoms with E-state index in [9.17, 15) is 14.4 Å². The fourth-order valence-corrected chi connectivity index (χ4v) is 0.909. The summed E-state index contributed by atoms with van der Waals surface area (Å²) >= 11 is 0. The number of nitrogens with two attached hydrogens (primary N) is 1. The van der Waals surface area contributed by atoms with Crippen molar-refractivity contribution in [1.82, 2.24) is 4.90 Å². The van der Waals surface area contributed by atoms with Crippen molar-refractivity contribution >= 4 is 17.8 Å². The lowest BCUT2D eigenvalue weighted by Crippen LogP contribution is -2.51. The summed E-state index contributed by atoms with van der Waals surface area (Å²) in [5.74, 6) is -2.82. The number of hydrogen-bond donors (Lipinski definition) is 2. The molecule has 0 aliphatic carbocycles. The average Bonchev–Trinajstić information content (AvgIpc) is 2.25. The highest BCUT2D eigenvalue weighted by Gasteiger charge is 2.30. The van der Waals surface area contributed by atoms with Gasteiger partial charge in [-0.15, -0.1) is 0 Å². The van der Waals surface area contributed by atoms with Gasteiger partial charge in [0.2, 0.25) is 0 Å². The fraction of sp³-hybridized carbons (Fsp3) is 0.667. The lowest BCUT2D eigenvalue weighted by Gasteiger charge is -2.23. The maximum Gasteiger partial charge on any atom is 0.332 e. The monoisotopic (exact) mass is 232 g/mol. The van der Waals surface area contributed by atoms with Crippen molar-refractivity contribution < 1.29 is 24.2 Å². The van der Waals surface area contributed by atoms with Crippen LogP contribution in [0.25, 0.3) is 0 Å². The van der Waals surface area contributed by atoms with Crippen LogP contribution in [-0.2, 0) is 19.1 Å². The molecule has 0 aliphatic heterocycles. The molecule has 0 bridgehead atoms. The van der Waals surface area contributed by atoms with E-state index in [1.807, 2.05) is 0 Å². The zero-order chi connectivity index (χ0) is 12.9. The normalized spacial score (nSPS) is 13.8. The second-order valence-electron chi connectivity index (χ2n) is 3.19. The maximum atomic E-state index is 11.5. The molecule has 3 N–H and O–H groups in total. The van der Waals surface area contributed by atoms with Crippen LogP contribution < -0.4 is 5.73 Å². The summed E-state index contributed by atoms with van der Waals surface area (Å²) in [5, 5.41) is 8.67. The Morgan fingerprint density at radius 2 is 1.94 bits per heavy atom. The van der Waals surface area contributed by atoms with Crippen LogP contribution in [0, 0.1) is 0 Å². The molecule has 0 radical (unpaired) electrons. The highest BCUT2D eigenvalue weighted by molar-refractivity contribution is 6.02. The van der Waals surface area contributed by atoms with Gasteiger partial charge in [0.05, 0.1) is 6.61 Å². The molecule has 16 heavy (non-hydrogen) atoms. The number of nitrogens with zero attached hydrogens (tertiary/aromatic N) is 1. The zero-order valence-electron chi connectivity index (χ0n) is 9.47. The van der Waals surface area contributed by atoms with Gasteiger partial charge in [-0.3, -0.25) is 4.79 Å². The third kappa shape index (κ3) is 3.50. The topological polar surface area (TPSA) is 110 Å². The molecule has 2 atom stereocenters. The fourth-order valence-electron chi connectivity index (χ4n) is 0.909. The largest absolute Gasteiger partial charge is 0.480 e. The Labute approximate surface area is 93.2 Å². The van der Waals surface area contributed by atoms with E-state index in [2.05, 4.69) is 4.74 Å². The Balaban J connectivity index is 4.55. The molecule has 2 unspecified atom stereocenters. The SMILES string of the molecule is CCOC(=O)C(N)C(=O)N(C)C(C)C(=O)O. The summed E-state index contributed by atoms with van der Waals surface area (Å²) in [6.45, 7) is 3.01. The van der Waals surface area contributed by atoms with Gasteiger partial charge in [-0.2, -0.15) is 0 Å². The summed E-state index contributed by atoms with van der Waals surface area (Å²) in [4.78, 5) is 34.2. The van der Waals surface area contributed by atoms with Crippen LogP contribution in [0.5, 0.6) is 0 Å². The minimum Gasteiger partial charge on any atom is -0.480 e. The highest BCUT2D eigenvalue weighted by atomic mass is 16.5. The third-order valence-corrected chi connectivity index (χ3v) is 2.09. The molecule has 0 aromatic rings. The number of esters is 1. The van der Waals surface area contributed by atoms with E-state index < -0.39 is 29.9 Å². The van der Waals surface area contributed by atoms with Crippen molar-refractivity contribution in [3.05, 3.63) is 0 Å². The number of aliphatic carboxylic acids is 1. The first kappa shape index (κ1) is 14.4. The Bertz CT molecular complexity index is 292. The van der Waals surface area contributed by atoms with Crippen LogP contribution in [0.4, 0.5) is 0 Å². The van der Waals surface area contributed by atoms with E-state index in [-0.39, 0.29) is 6.61 Å². The predicted molar refractivity (Wildman–Crippen MR) is 54.5 cm³/mol. The molecule has 0 aromatic heterocycles. The van der Waals surface area contributed by atoms with Gasteiger partial charge < -0.3 is 20.5 Å². The lowest BCUT2D eigenvalue weighted by molar-refractivity contribution is -0.155. The molecule has 92 valence electrons. The van der Waals surface area contributed by atoms with E-state index in [4.69, 9.17) is 10.8 Å². The molecule has 0 fully saturated rings. The standard InChI is InChI=1S/C9H16N2O5/c1-4-16-9(15)6(10)7(12)11(3)5(2)8(13)14/h5-6H,4,10H2,1-3H3,(H,13,14). The van der Waals surface area contributed by atoms with Gasteiger partial charge in [0.1, 0.15) is 6.04 Å². The summed E-state index contributed by atoms with van der Waals surface area (Å²) in [6, 6.07) is -2.53. The molecule has 7 heteroatoms. The second-order valence-corrected chi connectivity index (χ2v) is 3.19. The molecular weight excluding hydrogens is 216 g/mol. The molecule has 0 heterocycles. The molecule has 7 nitrogen and oxygen atoms in total. The number of carboxylic acid groups (broad SMARTS) is 1. The van der Waals surface area contributed by atoms with Crippen molar-refractivity contribution in [1.29, 1.82) is 0 Å². The van der Waals surface area contributed by atoms with E-state index in [0.717, 1.165) is 4.90 Å². The van der Waals surface area contributed by atoms with Crippen LogP contribution in [-0.4, -0.2) is 53.6 Å². The molecule has 0 saturated carbocycles. The molecule has 1 amide bonds. The molecule has 0 rings (SSSR count). The van der Waals surface area contributed by atoms with Gasteiger partial charge in [0, 0.05) is 7.05 Å². The Morgan fingerprint density at radius 3 is 2.31 bits per heavy atom. The third-order valence-electron chi connectivity index (χ3n) is 2.09. The summed E-state index contributed by atoms with van der Waals surface area (Å²) in [6.07, 6.45) is 0.